The number of rotatable bonds is 5. The molecule has 0 fully saturated rings. The maximum absolute atomic E-state index is 5.77. The summed E-state index contributed by atoms with van der Waals surface area (Å²) >= 11 is 0. The Labute approximate surface area is 213 Å². The molecule has 6 heteroatoms. The molecule has 0 N–H and O–H groups in total. The number of aromatic nitrogens is 5. The molecule has 0 unspecified atom stereocenters. The molecule has 0 saturated heterocycles. The molecule has 37 heavy (non-hydrogen) atoms. The summed E-state index contributed by atoms with van der Waals surface area (Å²) in [7, 11) is 0. The van der Waals surface area contributed by atoms with E-state index in [1.165, 1.54) is 5.56 Å². The summed E-state index contributed by atoms with van der Waals surface area (Å²) in [4.78, 5) is 9.97. The molecule has 0 saturated carbocycles. The minimum atomic E-state index is 0.544. The monoisotopic (exact) mass is 481 g/mol. The molecule has 0 aliphatic heterocycles. The van der Waals surface area contributed by atoms with E-state index >= 15 is 0 Å². The lowest BCUT2D eigenvalue weighted by Gasteiger charge is -2.11. The maximum Gasteiger partial charge on any atom is 0.182 e. The zero-order valence-corrected chi connectivity index (χ0v) is 20.2. The molecule has 0 radical (unpaired) electrons. The third-order valence-electron chi connectivity index (χ3n) is 6.69. The largest absolute Gasteiger partial charge is 0.467 e. The van der Waals surface area contributed by atoms with Gasteiger partial charge in [0.1, 0.15) is 17.7 Å². The van der Waals surface area contributed by atoms with Gasteiger partial charge in [-0.3, -0.25) is 0 Å². The van der Waals surface area contributed by atoms with Gasteiger partial charge in [0, 0.05) is 11.1 Å². The number of hydrogen-bond acceptors (Lipinski definition) is 4. The molecule has 0 bridgehead atoms. The summed E-state index contributed by atoms with van der Waals surface area (Å²) in [6, 6.07) is 33.1. The fourth-order valence-electron chi connectivity index (χ4n) is 4.96. The van der Waals surface area contributed by atoms with E-state index in [-0.39, 0.29) is 0 Å². The Balaban J connectivity index is 1.59. The Kier molecular flexibility index (Phi) is 4.96. The zero-order chi connectivity index (χ0) is 24.8. The van der Waals surface area contributed by atoms with E-state index in [2.05, 4.69) is 84.3 Å². The quantitative estimate of drug-likeness (QED) is 0.265. The van der Waals surface area contributed by atoms with Gasteiger partial charge >= 0.3 is 0 Å². The molecule has 4 aromatic heterocycles. The average molecular weight is 482 g/mol. The molecule has 7 aromatic rings. The number of aryl methyl sites for hydroxylation is 1. The van der Waals surface area contributed by atoms with Gasteiger partial charge in [-0.1, -0.05) is 90.5 Å². The smallest absolute Gasteiger partial charge is 0.182 e. The number of nitrogens with zero attached hydrogens (tertiary/aromatic N) is 5. The van der Waals surface area contributed by atoms with Crippen molar-refractivity contribution in [2.24, 2.45) is 0 Å². The van der Waals surface area contributed by atoms with E-state index in [1.807, 2.05) is 24.3 Å². The van der Waals surface area contributed by atoms with Gasteiger partial charge in [0.05, 0.1) is 23.9 Å². The van der Waals surface area contributed by atoms with Gasteiger partial charge in [-0.05, 0) is 30.2 Å². The van der Waals surface area contributed by atoms with Gasteiger partial charge in [-0.15, -0.1) is 5.10 Å². The van der Waals surface area contributed by atoms with E-state index in [9.17, 15) is 0 Å². The minimum Gasteiger partial charge on any atom is -0.467 e. The average Bonchev–Trinajstić information content (AvgIpc) is 3.68. The number of fused-ring (bicyclic) bond motifs is 3. The summed E-state index contributed by atoms with van der Waals surface area (Å²) in [5.74, 6) is 1.53. The standard InChI is InChI=1S/C31H23N5O/c1-21-14-16-24(17-15-21)29-33-31-27-26(22-9-4-2-5-10-22)28(23-11-6-3-7-12-23)35(19-25-13-8-18-37-25)30(27)32-20-36(31)34-29/h2-18,20H,19H2,1H3. The molecule has 0 amide bonds. The lowest BCUT2D eigenvalue weighted by Crippen LogP contribution is -2.03. The second-order valence-corrected chi connectivity index (χ2v) is 9.13. The number of hydrogen-bond donors (Lipinski definition) is 0. The summed E-state index contributed by atoms with van der Waals surface area (Å²) < 4.78 is 9.79. The minimum absolute atomic E-state index is 0.544. The summed E-state index contributed by atoms with van der Waals surface area (Å²) in [5, 5.41) is 5.76. The van der Waals surface area contributed by atoms with Gasteiger partial charge in [-0.25, -0.2) is 14.5 Å². The van der Waals surface area contributed by atoms with Crippen LogP contribution in [0.1, 0.15) is 11.3 Å². The molecule has 0 spiro atoms. The molecular weight excluding hydrogens is 458 g/mol. The van der Waals surface area contributed by atoms with Crippen molar-refractivity contribution in [2.45, 2.75) is 13.5 Å². The van der Waals surface area contributed by atoms with Crippen molar-refractivity contribution in [1.29, 1.82) is 0 Å². The fourth-order valence-corrected chi connectivity index (χ4v) is 4.96. The molecule has 0 aliphatic rings. The third-order valence-corrected chi connectivity index (χ3v) is 6.69. The second kappa shape index (κ2) is 8.60. The van der Waals surface area contributed by atoms with Crippen LogP contribution in [0.4, 0.5) is 0 Å². The number of benzene rings is 3. The van der Waals surface area contributed by atoms with Crippen LogP contribution in [-0.4, -0.2) is 24.1 Å². The first kappa shape index (κ1) is 21.3. The molecule has 3 aromatic carbocycles. The van der Waals surface area contributed by atoms with Crippen molar-refractivity contribution in [3.63, 3.8) is 0 Å². The highest BCUT2D eigenvalue weighted by molar-refractivity contribution is 6.09. The Morgan fingerprint density at radius 1 is 0.730 bits per heavy atom. The van der Waals surface area contributed by atoms with Crippen LogP contribution in [-0.2, 0) is 6.54 Å². The SMILES string of the molecule is Cc1ccc(-c2nc3c4c(-c5ccccc5)c(-c5ccccc5)n(Cc5ccco5)c4ncn3n2)cc1. The first-order chi connectivity index (χ1) is 18.3. The Morgan fingerprint density at radius 3 is 2.16 bits per heavy atom. The van der Waals surface area contributed by atoms with E-state index in [0.29, 0.717) is 12.4 Å². The van der Waals surface area contributed by atoms with Gasteiger partial charge in [0.15, 0.2) is 11.5 Å². The topological polar surface area (TPSA) is 61.2 Å². The van der Waals surface area contributed by atoms with E-state index in [4.69, 9.17) is 19.5 Å². The first-order valence-corrected chi connectivity index (χ1v) is 12.2. The lowest BCUT2D eigenvalue weighted by molar-refractivity contribution is 0.497. The fraction of sp³-hybridized carbons (Fsp3) is 0.0645. The van der Waals surface area contributed by atoms with Crippen LogP contribution in [0, 0.1) is 6.92 Å². The van der Waals surface area contributed by atoms with E-state index < -0.39 is 0 Å². The molecule has 7 rings (SSSR count). The van der Waals surface area contributed by atoms with Crippen molar-refractivity contribution in [3.05, 3.63) is 121 Å². The van der Waals surface area contributed by atoms with Crippen molar-refractivity contribution in [1.82, 2.24) is 24.1 Å². The van der Waals surface area contributed by atoms with Gasteiger partial charge in [-0.2, -0.15) is 0 Å². The number of furan rings is 1. The van der Waals surface area contributed by atoms with Gasteiger partial charge in [0.2, 0.25) is 0 Å². The van der Waals surface area contributed by atoms with Crippen molar-refractivity contribution in [2.75, 3.05) is 0 Å². The van der Waals surface area contributed by atoms with Crippen molar-refractivity contribution in [3.8, 4) is 33.8 Å². The molecule has 0 aliphatic carbocycles. The van der Waals surface area contributed by atoms with Crippen LogP contribution in [0.5, 0.6) is 0 Å². The highest BCUT2D eigenvalue weighted by atomic mass is 16.3. The van der Waals surface area contributed by atoms with Crippen LogP contribution < -0.4 is 0 Å². The summed E-state index contributed by atoms with van der Waals surface area (Å²) in [6.45, 7) is 2.62. The predicted molar refractivity (Wildman–Crippen MR) is 145 cm³/mol. The Bertz CT molecular complexity index is 1830. The molecular formula is C31H23N5O. The molecule has 6 nitrogen and oxygen atoms in total. The molecule has 4 heterocycles. The lowest BCUT2D eigenvalue weighted by atomic mass is 9.99. The van der Waals surface area contributed by atoms with Crippen LogP contribution in [0.15, 0.2) is 114 Å². The van der Waals surface area contributed by atoms with Crippen molar-refractivity contribution < 1.29 is 4.42 Å². The van der Waals surface area contributed by atoms with Crippen LogP contribution in [0.2, 0.25) is 0 Å². The van der Waals surface area contributed by atoms with Crippen molar-refractivity contribution >= 4 is 16.7 Å². The third kappa shape index (κ3) is 3.62. The first-order valence-electron chi connectivity index (χ1n) is 12.2. The zero-order valence-electron chi connectivity index (χ0n) is 20.2. The highest BCUT2D eigenvalue weighted by Crippen LogP contribution is 2.42. The van der Waals surface area contributed by atoms with Crippen LogP contribution >= 0.6 is 0 Å². The maximum atomic E-state index is 5.77. The molecule has 0 atom stereocenters. The van der Waals surface area contributed by atoms with Gasteiger partial charge < -0.3 is 8.98 Å². The van der Waals surface area contributed by atoms with E-state index in [0.717, 1.165) is 50.4 Å². The summed E-state index contributed by atoms with van der Waals surface area (Å²) in [6.07, 6.45) is 3.46. The van der Waals surface area contributed by atoms with Gasteiger partial charge in [0.25, 0.3) is 0 Å². The van der Waals surface area contributed by atoms with E-state index in [1.54, 1.807) is 17.1 Å². The second-order valence-electron chi connectivity index (χ2n) is 9.13. The Morgan fingerprint density at radius 2 is 1.46 bits per heavy atom. The molecule has 178 valence electrons. The van der Waals surface area contributed by atoms with Crippen LogP contribution in [0.3, 0.4) is 0 Å². The highest BCUT2D eigenvalue weighted by Gasteiger charge is 2.25. The predicted octanol–water partition coefficient (Wildman–Crippen LogP) is 7.03. The van der Waals surface area contributed by atoms with Crippen LogP contribution in [0.25, 0.3) is 50.5 Å². The summed E-state index contributed by atoms with van der Waals surface area (Å²) in [5.41, 5.74) is 8.13. The normalized spacial score (nSPS) is 11.5. The Hall–Kier alpha value is -4.97.